The Morgan fingerprint density at radius 2 is 2.08 bits per heavy atom. The van der Waals surface area contributed by atoms with Gasteiger partial charge in [0.05, 0.1) is 0 Å². The lowest BCUT2D eigenvalue weighted by atomic mass is 10.2. The van der Waals surface area contributed by atoms with Crippen LogP contribution in [0.5, 0.6) is 0 Å². The summed E-state index contributed by atoms with van der Waals surface area (Å²) >= 11 is 1.51. The van der Waals surface area contributed by atoms with Crippen LogP contribution in [0.1, 0.15) is 6.42 Å². The lowest BCUT2D eigenvalue weighted by Crippen LogP contribution is -2.39. The molecule has 0 aromatic carbocycles. The monoisotopic (exact) mass is 205 g/mol. The van der Waals surface area contributed by atoms with Crippen LogP contribution in [0.15, 0.2) is 0 Å². The number of aliphatic carboxylic acids is 1. The average Bonchev–Trinajstić information content (AvgIpc) is 2.47. The average molecular weight is 205 g/mol. The molecule has 1 aliphatic heterocycles. The Morgan fingerprint density at radius 3 is 2.38 bits per heavy atom. The third-order valence-electron chi connectivity index (χ3n) is 2.13. The first-order valence-corrected chi connectivity index (χ1v) is 5.10. The van der Waals surface area contributed by atoms with E-state index in [4.69, 9.17) is 10.2 Å². The number of carboxylic acid groups (broad SMARTS) is 2. The highest BCUT2D eigenvalue weighted by atomic mass is 32.2. The summed E-state index contributed by atoms with van der Waals surface area (Å²) in [5.74, 6) is -1.06. The Labute approximate surface area is 79.7 Å². The number of rotatable bonds is 2. The van der Waals surface area contributed by atoms with Crippen molar-refractivity contribution in [3.05, 3.63) is 0 Å². The van der Waals surface area contributed by atoms with E-state index in [0.29, 0.717) is 13.0 Å². The quantitative estimate of drug-likeness (QED) is 0.688. The van der Waals surface area contributed by atoms with Crippen molar-refractivity contribution >= 4 is 23.8 Å². The predicted molar refractivity (Wildman–Crippen MR) is 48.1 cm³/mol. The third kappa shape index (κ3) is 2.06. The van der Waals surface area contributed by atoms with E-state index in [1.54, 1.807) is 0 Å². The number of thioether (sulfide) groups is 1. The van der Waals surface area contributed by atoms with Gasteiger partial charge in [-0.05, 0) is 12.7 Å². The lowest BCUT2D eigenvalue weighted by Gasteiger charge is -2.16. The van der Waals surface area contributed by atoms with Crippen molar-refractivity contribution in [1.29, 1.82) is 0 Å². The van der Waals surface area contributed by atoms with Gasteiger partial charge >= 0.3 is 12.1 Å². The number of amides is 1. The van der Waals surface area contributed by atoms with Gasteiger partial charge in [0, 0.05) is 11.8 Å². The predicted octanol–water partition coefficient (Wildman–Crippen LogP) is 0.555. The van der Waals surface area contributed by atoms with Gasteiger partial charge in [-0.15, -0.1) is 0 Å². The molecule has 1 heterocycles. The van der Waals surface area contributed by atoms with Crippen LogP contribution in [-0.2, 0) is 4.79 Å². The van der Waals surface area contributed by atoms with Crippen molar-refractivity contribution in [3.63, 3.8) is 0 Å². The van der Waals surface area contributed by atoms with Gasteiger partial charge in [0.15, 0.2) is 0 Å². The maximum absolute atomic E-state index is 10.7. The number of likely N-dealkylation sites (tertiary alicyclic amines) is 1. The number of hydrogen-bond donors (Lipinski definition) is 2. The molecule has 2 N–H and O–H groups in total. The van der Waals surface area contributed by atoms with E-state index in [2.05, 4.69) is 0 Å². The van der Waals surface area contributed by atoms with Crippen LogP contribution in [-0.4, -0.2) is 51.3 Å². The van der Waals surface area contributed by atoms with E-state index in [1.165, 1.54) is 11.8 Å². The summed E-state index contributed by atoms with van der Waals surface area (Å²) in [6.07, 6.45) is 1.11. The number of nitrogens with zero attached hydrogens (tertiary/aromatic N) is 1. The van der Waals surface area contributed by atoms with Crippen LogP contribution in [0.2, 0.25) is 0 Å². The van der Waals surface area contributed by atoms with Crippen molar-refractivity contribution in [1.82, 2.24) is 4.90 Å². The highest BCUT2D eigenvalue weighted by molar-refractivity contribution is 7.99. The number of carboxylic acids is 1. The summed E-state index contributed by atoms with van der Waals surface area (Å²) in [6.45, 7) is 0.313. The zero-order chi connectivity index (χ0) is 10.0. The minimum atomic E-state index is -1.15. The van der Waals surface area contributed by atoms with E-state index in [1.807, 2.05) is 6.26 Å². The third-order valence-corrected chi connectivity index (χ3v) is 3.13. The first-order chi connectivity index (χ1) is 6.06. The number of hydrogen-bond acceptors (Lipinski definition) is 3. The molecule has 0 spiro atoms. The van der Waals surface area contributed by atoms with Gasteiger partial charge in [-0.1, -0.05) is 0 Å². The van der Waals surface area contributed by atoms with Crippen molar-refractivity contribution in [2.75, 3.05) is 12.8 Å². The van der Waals surface area contributed by atoms with Gasteiger partial charge in [-0.2, -0.15) is 11.8 Å². The number of carbonyl (C=O) groups is 2. The molecule has 1 rings (SSSR count). The summed E-state index contributed by atoms with van der Waals surface area (Å²) in [4.78, 5) is 22.3. The standard InChI is InChI=1S/C7H11NO4S/c1-13-4-2-5(6(9)10)8(3-4)7(11)12/h4-5H,2-3H2,1H3,(H,9,10)(H,11,12)/t4-,5+/m1/s1. The maximum Gasteiger partial charge on any atom is 0.408 e. The summed E-state index contributed by atoms with van der Waals surface area (Å²) in [6, 6.07) is -0.866. The molecule has 1 amide bonds. The Kier molecular flexibility index (Phi) is 3.02. The van der Waals surface area contributed by atoms with Crippen molar-refractivity contribution in [2.24, 2.45) is 0 Å². The first kappa shape index (κ1) is 10.2. The molecule has 0 aromatic rings. The fourth-order valence-electron chi connectivity index (χ4n) is 1.41. The molecule has 1 aliphatic rings. The Morgan fingerprint density at radius 1 is 1.46 bits per heavy atom. The van der Waals surface area contributed by atoms with Crippen LogP contribution < -0.4 is 0 Å². The van der Waals surface area contributed by atoms with Crippen LogP contribution in [0.25, 0.3) is 0 Å². The van der Waals surface area contributed by atoms with Gasteiger partial charge < -0.3 is 10.2 Å². The molecule has 1 fully saturated rings. The smallest absolute Gasteiger partial charge is 0.408 e. The van der Waals surface area contributed by atoms with Gasteiger partial charge in [0.1, 0.15) is 6.04 Å². The molecule has 13 heavy (non-hydrogen) atoms. The second-order valence-corrected chi connectivity index (χ2v) is 4.02. The summed E-state index contributed by atoms with van der Waals surface area (Å²) in [5, 5.41) is 17.5. The molecule has 0 bridgehead atoms. The highest BCUT2D eigenvalue weighted by Gasteiger charge is 2.39. The van der Waals surface area contributed by atoms with Crippen LogP contribution >= 0.6 is 11.8 Å². The minimum Gasteiger partial charge on any atom is -0.480 e. The SMILES string of the molecule is CS[C@@H]1C[C@@H](C(=O)O)N(C(=O)O)C1. The Balaban J connectivity index is 2.71. The summed E-state index contributed by atoms with van der Waals surface area (Å²) < 4.78 is 0. The molecule has 1 saturated heterocycles. The largest absolute Gasteiger partial charge is 0.480 e. The molecule has 0 aromatic heterocycles. The van der Waals surface area contributed by atoms with E-state index >= 15 is 0 Å². The van der Waals surface area contributed by atoms with E-state index in [9.17, 15) is 9.59 Å². The van der Waals surface area contributed by atoms with Gasteiger partial charge in [0.2, 0.25) is 0 Å². The summed E-state index contributed by atoms with van der Waals surface area (Å²) in [7, 11) is 0. The molecule has 0 radical (unpaired) electrons. The Hall–Kier alpha value is -0.910. The van der Waals surface area contributed by atoms with Crippen molar-refractivity contribution in [2.45, 2.75) is 17.7 Å². The fraction of sp³-hybridized carbons (Fsp3) is 0.714. The molecule has 0 aliphatic carbocycles. The molecular formula is C7H11NO4S. The zero-order valence-corrected chi connectivity index (χ0v) is 7.95. The van der Waals surface area contributed by atoms with E-state index < -0.39 is 18.1 Å². The molecule has 0 saturated carbocycles. The second kappa shape index (κ2) is 3.87. The maximum atomic E-state index is 10.7. The van der Waals surface area contributed by atoms with Gasteiger partial charge in [-0.3, -0.25) is 4.90 Å². The van der Waals surface area contributed by atoms with Gasteiger partial charge in [-0.25, -0.2) is 9.59 Å². The second-order valence-electron chi connectivity index (χ2n) is 2.88. The first-order valence-electron chi connectivity index (χ1n) is 3.81. The topological polar surface area (TPSA) is 77.8 Å². The van der Waals surface area contributed by atoms with E-state index in [0.717, 1.165) is 4.90 Å². The molecular weight excluding hydrogens is 194 g/mol. The molecule has 74 valence electrons. The van der Waals surface area contributed by atoms with Gasteiger partial charge in [0.25, 0.3) is 0 Å². The highest BCUT2D eigenvalue weighted by Crippen LogP contribution is 2.25. The van der Waals surface area contributed by atoms with Crippen molar-refractivity contribution < 1.29 is 19.8 Å². The molecule has 2 atom stereocenters. The Bertz CT molecular complexity index is 211. The molecule has 6 heteroatoms. The fourth-order valence-corrected chi connectivity index (χ4v) is 2.10. The van der Waals surface area contributed by atoms with Crippen LogP contribution in [0, 0.1) is 0 Å². The van der Waals surface area contributed by atoms with Crippen molar-refractivity contribution in [3.8, 4) is 0 Å². The summed E-state index contributed by atoms with van der Waals surface area (Å²) in [5.41, 5.74) is 0. The molecule has 5 nitrogen and oxygen atoms in total. The van der Waals surface area contributed by atoms with Crippen LogP contribution in [0.4, 0.5) is 4.79 Å². The van der Waals surface area contributed by atoms with Crippen LogP contribution in [0.3, 0.4) is 0 Å². The minimum absolute atomic E-state index is 0.109. The zero-order valence-electron chi connectivity index (χ0n) is 7.14. The lowest BCUT2D eigenvalue weighted by molar-refractivity contribution is -0.141. The van der Waals surface area contributed by atoms with E-state index in [-0.39, 0.29) is 5.25 Å². The normalized spacial score (nSPS) is 27.6. The molecule has 0 unspecified atom stereocenters.